The lowest BCUT2D eigenvalue weighted by Crippen LogP contribution is -2.43. The van der Waals surface area contributed by atoms with Crippen LogP contribution in [0, 0.1) is 12.3 Å². The SMILES string of the molecule is Cc1ccc(N)c(C(=O)NCC2(CO)CCOCC2)c1. The molecule has 0 bridgehead atoms. The van der Waals surface area contributed by atoms with Crippen molar-refractivity contribution in [2.45, 2.75) is 19.8 Å². The van der Waals surface area contributed by atoms with E-state index in [9.17, 15) is 9.90 Å². The molecule has 1 fully saturated rings. The fraction of sp³-hybridized carbons (Fsp3) is 0.533. The van der Waals surface area contributed by atoms with E-state index in [0.29, 0.717) is 31.0 Å². The van der Waals surface area contributed by atoms with Gasteiger partial charge in [-0.25, -0.2) is 0 Å². The summed E-state index contributed by atoms with van der Waals surface area (Å²) in [5.41, 5.74) is 7.52. The number of nitrogens with two attached hydrogens (primary N) is 1. The van der Waals surface area contributed by atoms with E-state index in [1.54, 1.807) is 12.1 Å². The van der Waals surface area contributed by atoms with Crippen LogP contribution in [0.15, 0.2) is 18.2 Å². The summed E-state index contributed by atoms with van der Waals surface area (Å²) >= 11 is 0. The van der Waals surface area contributed by atoms with Crippen LogP contribution in [0.5, 0.6) is 0 Å². The van der Waals surface area contributed by atoms with Gasteiger partial charge in [0, 0.05) is 30.9 Å². The Kier molecular flexibility index (Phi) is 4.62. The molecule has 0 atom stereocenters. The van der Waals surface area contributed by atoms with Crippen molar-refractivity contribution in [2.24, 2.45) is 5.41 Å². The Morgan fingerprint density at radius 1 is 1.45 bits per heavy atom. The highest BCUT2D eigenvalue weighted by Gasteiger charge is 2.32. The van der Waals surface area contributed by atoms with Gasteiger partial charge in [0.15, 0.2) is 0 Å². The van der Waals surface area contributed by atoms with Gasteiger partial charge in [-0.15, -0.1) is 0 Å². The molecule has 1 aromatic rings. The van der Waals surface area contributed by atoms with E-state index in [0.717, 1.165) is 18.4 Å². The van der Waals surface area contributed by atoms with Gasteiger partial charge in [-0.2, -0.15) is 0 Å². The lowest BCUT2D eigenvalue weighted by molar-refractivity contribution is -0.0146. The molecule has 0 aromatic heterocycles. The second-order valence-electron chi connectivity index (χ2n) is 5.54. The maximum absolute atomic E-state index is 12.2. The summed E-state index contributed by atoms with van der Waals surface area (Å²) in [6, 6.07) is 5.39. The number of rotatable bonds is 4. The quantitative estimate of drug-likeness (QED) is 0.720. The van der Waals surface area contributed by atoms with Crippen LogP contribution < -0.4 is 11.1 Å². The smallest absolute Gasteiger partial charge is 0.253 e. The third-order valence-electron chi connectivity index (χ3n) is 3.97. The van der Waals surface area contributed by atoms with Crippen molar-refractivity contribution in [1.29, 1.82) is 0 Å². The number of carbonyl (C=O) groups is 1. The zero-order chi connectivity index (χ0) is 14.6. The average molecular weight is 278 g/mol. The molecule has 1 amide bonds. The second-order valence-corrected chi connectivity index (χ2v) is 5.54. The first kappa shape index (κ1) is 14.8. The monoisotopic (exact) mass is 278 g/mol. The summed E-state index contributed by atoms with van der Waals surface area (Å²) in [5, 5.41) is 12.5. The predicted molar refractivity (Wildman–Crippen MR) is 77.5 cm³/mol. The van der Waals surface area contributed by atoms with Gasteiger partial charge < -0.3 is 20.9 Å². The van der Waals surface area contributed by atoms with Crippen molar-refractivity contribution in [3.05, 3.63) is 29.3 Å². The molecule has 2 rings (SSSR count). The molecule has 5 heteroatoms. The van der Waals surface area contributed by atoms with E-state index in [4.69, 9.17) is 10.5 Å². The molecule has 0 saturated carbocycles. The summed E-state index contributed by atoms with van der Waals surface area (Å²) in [5.74, 6) is -0.189. The first-order valence-corrected chi connectivity index (χ1v) is 6.89. The topological polar surface area (TPSA) is 84.6 Å². The van der Waals surface area contributed by atoms with Crippen molar-refractivity contribution >= 4 is 11.6 Å². The number of aliphatic hydroxyl groups is 1. The number of hydrogen-bond donors (Lipinski definition) is 3. The predicted octanol–water partition coefficient (Wildman–Crippen LogP) is 1.10. The summed E-state index contributed by atoms with van der Waals surface area (Å²) in [4.78, 5) is 12.2. The zero-order valence-electron chi connectivity index (χ0n) is 11.8. The number of nitrogens with one attached hydrogen (secondary N) is 1. The van der Waals surface area contributed by atoms with Gasteiger partial charge in [-0.3, -0.25) is 4.79 Å². The van der Waals surface area contributed by atoms with E-state index in [-0.39, 0.29) is 17.9 Å². The van der Waals surface area contributed by atoms with Gasteiger partial charge >= 0.3 is 0 Å². The average Bonchev–Trinajstić information content (AvgIpc) is 2.48. The summed E-state index contributed by atoms with van der Waals surface area (Å²) in [6.07, 6.45) is 1.51. The zero-order valence-corrected chi connectivity index (χ0v) is 11.8. The molecule has 1 aromatic carbocycles. The molecule has 1 heterocycles. The number of aryl methyl sites for hydroxylation is 1. The summed E-state index contributed by atoms with van der Waals surface area (Å²) in [6.45, 7) is 3.68. The lowest BCUT2D eigenvalue weighted by Gasteiger charge is -2.35. The lowest BCUT2D eigenvalue weighted by atomic mass is 9.81. The summed E-state index contributed by atoms with van der Waals surface area (Å²) in [7, 11) is 0. The van der Waals surface area contributed by atoms with Crippen molar-refractivity contribution in [2.75, 3.05) is 32.1 Å². The Labute approximate surface area is 119 Å². The number of anilines is 1. The van der Waals surface area contributed by atoms with Crippen LogP contribution in [-0.4, -0.2) is 37.4 Å². The van der Waals surface area contributed by atoms with Crippen LogP contribution in [0.2, 0.25) is 0 Å². The first-order chi connectivity index (χ1) is 9.56. The van der Waals surface area contributed by atoms with Crippen molar-refractivity contribution in [3.8, 4) is 0 Å². The maximum atomic E-state index is 12.2. The molecule has 110 valence electrons. The molecule has 0 aliphatic carbocycles. The minimum Gasteiger partial charge on any atom is -0.398 e. The minimum atomic E-state index is -0.271. The number of benzene rings is 1. The van der Waals surface area contributed by atoms with E-state index in [1.807, 2.05) is 13.0 Å². The third kappa shape index (κ3) is 3.29. The van der Waals surface area contributed by atoms with Crippen LogP contribution in [-0.2, 0) is 4.74 Å². The molecule has 0 radical (unpaired) electrons. The van der Waals surface area contributed by atoms with Crippen LogP contribution in [0.4, 0.5) is 5.69 Å². The third-order valence-corrected chi connectivity index (χ3v) is 3.97. The first-order valence-electron chi connectivity index (χ1n) is 6.89. The Morgan fingerprint density at radius 3 is 2.80 bits per heavy atom. The molecule has 1 aliphatic heterocycles. The molecule has 0 spiro atoms. The number of hydrogen-bond acceptors (Lipinski definition) is 4. The standard InChI is InChI=1S/C15H22N2O3/c1-11-2-3-13(16)12(8-11)14(19)17-9-15(10-18)4-6-20-7-5-15/h2-3,8,18H,4-7,9-10,16H2,1H3,(H,17,19). The Morgan fingerprint density at radius 2 is 2.15 bits per heavy atom. The van der Waals surface area contributed by atoms with Crippen molar-refractivity contribution < 1.29 is 14.6 Å². The molecule has 4 N–H and O–H groups in total. The van der Waals surface area contributed by atoms with Crippen molar-refractivity contribution in [3.63, 3.8) is 0 Å². The van der Waals surface area contributed by atoms with E-state index in [1.165, 1.54) is 0 Å². The Bertz CT molecular complexity index is 482. The molecule has 1 saturated heterocycles. The Balaban J connectivity index is 2.02. The van der Waals surface area contributed by atoms with Gasteiger partial charge in [0.1, 0.15) is 0 Å². The van der Waals surface area contributed by atoms with Crippen LogP contribution in [0.3, 0.4) is 0 Å². The van der Waals surface area contributed by atoms with Crippen LogP contribution in [0.1, 0.15) is 28.8 Å². The molecule has 0 unspecified atom stereocenters. The normalized spacial score (nSPS) is 17.7. The van der Waals surface area contributed by atoms with Crippen molar-refractivity contribution in [1.82, 2.24) is 5.32 Å². The van der Waals surface area contributed by atoms with Crippen LogP contribution in [0.25, 0.3) is 0 Å². The number of carbonyl (C=O) groups excluding carboxylic acids is 1. The highest BCUT2D eigenvalue weighted by atomic mass is 16.5. The van der Waals surface area contributed by atoms with Crippen LogP contribution >= 0.6 is 0 Å². The fourth-order valence-corrected chi connectivity index (χ4v) is 2.42. The van der Waals surface area contributed by atoms with E-state index >= 15 is 0 Å². The molecule has 1 aliphatic rings. The molecule has 20 heavy (non-hydrogen) atoms. The second kappa shape index (κ2) is 6.24. The largest absolute Gasteiger partial charge is 0.398 e. The number of amides is 1. The fourth-order valence-electron chi connectivity index (χ4n) is 2.42. The van der Waals surface area contributed by atoms with Gasteiger partial charge in [-0.05, 0) is 31.9 Å². The van der Waals surface area contributed by atoms with Gasteiger partial charge in [0.2, 0.25) is 0 Å². The molecule has 5 nitrogen and oxygen atoms in total. The maximum Gasteiger partial charge on any atom is 0.253 e. The van der Waals surface area contributed by atoms with Gasteiger partial charge in [-0.1, -0.05) is 11.6 Å². The highest BCUT2D eigenvalue weighted by molar-refractivity contribution is 5.99. The number of nitrogen functional groups attached to an aromatic ring is 1. The Hall–Kier alpha value is -1.59. The highest BCUT2D eigenvalue weighted by Crippen LogP contribution is 2.29. The van der Waals surface area contributed by atoms with Gasteiger partial charge in [0.05, 0.1) is 12.2 Å². The number of aliphatic hydroxyl groups excluding tert-OH is 1. The van der Waals surface area contributed by atoms with E-state index < -0.39 is 0 Å². The summed E-state index contributed by atoms with van der Waals surface area (Å²) < 4.78 is 5.31. The minimum absolute atomic E-state index is 0.0555. The molecular weight excluding hydrogens is 256 g/mol. The van der Waals surface area contributed by atoms with E-state index in [2.05, 4.69) is 5.32 Å². The number of ether oxygens (including phenoxy) is 1. The molecular formula is C15H22N2O3. The van der Waals surface area contributed by atoms with Gasteiger partial charge in [0.25, 0.3) is 5.91 Å².